The van der Waals surface area contributed by atoms with Crippen LogP contribution in [0.3, 0.4) is 0 Å². The van der Waals surface area contributed by atoms with Crippen molar-refractivity contribution >= 4 is 17.5 Å². The Balaban J connectivity index is 1.47. The zero-order valence-corrected chi connectivity index (χ0v) is 15.2. The van der Waals surface area contributed by atoms with E-state index in [1.165, 1.54) is 4.90 Å². The third kappa shape index (κ3) is 3.28. The monoisotopic (exact) mass is 368 g/mol. The second-order valence-electron chi connectivity index (χ2n) is 6.59. The fraction of sp³-hybridized carbons (Fsp3) is 0.300. The van der Waals surface area contributed by atoms with Crippen LogP contribution in [0.5, 0.6) is 17.2 Å². The summed E-state index contributed by atoms with van der Waals surface area (Å²) in [6.07, 6.45) is -0.619. The van der Waals surface area contributed by atoms with E-state index < -0.39 is 6.10 Å². The van der Waals surface area contributed by atoms with E-state index in [9.17, 15) is 9.59 Å². The molecule has 0 aliphatic carbocycles. The smallest absolute Gasteiger partial charge is 0.268 e. The Morgan fingerprint density at radius 3 is 2.78 bits per heavy atom. The summed E-state index contributed by atoms with van der Waals surface area (Å²) < 4.78 is 16.3. The number of carbonyl (C=O) groups is 2. The topological polar surface area (TPSA) is 68.3 Å². The maximum atomic E-state index is 12.7. The molecule has 0 radical (unpaired) electrons. The van der Waals surface area contributed by atoms with Gasteiger partial charge < -0.3 is 19.1 Å². The van der Waals surface area contributed by atoms with Gasteiger partial charge in [0.05, 0.1) is 5.69 Å². The first-order valence-electron chi connectivity index (χ1n) is 8.72. The van der Waals surface area contributed by atoms with Crippen LogP contribution in [0.25, 0.3) is 0 Å². The van der Waals surface area contributed by atoms with E-state index in [4.69, 9.17) is 14.2 Å². The van der Waals surface area contributed by atoms with Crippen LogP contribution in [0.15, 0.2) is 42.5 Å². The molecule has 2 heterocycles. The summed E-state index contributed by atoms with van der Waals surface area (Å²) >= 11 is 0. The summed E-state index contributed by atoms with van der Waals surface area (Å²) in [5, 5.41) is 0. The molecule has 0 fully saturated rings. The van der Waals surface area contributed by atoms with Crippen molar-refractivity contribution in [3.8, 4) is 17.2 Å². The van der Waals surface area contributed by atoms with E-state index in [1.807, 2.05) is 30.3 Å². The molecular formula is C20H20N2O5. The van der Waals surface area contributed by atoms with Crippen molar-refractivity contribution in [2.45, 2.75) is 19.6 Å². The number of benzene rings is 2. The number of nitrogens with zero attached hydrogens (tertiary/aromatic N) is 2. The van der Waals surface area contributed by atoms with Crippen LogP contribution in [0.2, 0.25) is 0 Å². The Kier molecular flexibility index (Phi) is 4.35. The molecule has 4 rings (SSSR count). The van der Waals surface area contributed by atoms with Gasteiger partial charge in [-0.15, -0.1) is 0 Å². The Hall–Kier alpha value is -3.22. The summed E-state index contributed by atoms with van der Waals surface area (Å²) in [6.45, 7) is 2.27. The molecule has 0 aromatic heterocycles. The van der Waals surface area contributed by atoms with Gasteiger partial charge in [0, 0.05) is 13.6 Å². The average Bonchev–Trinajstić information content (AvgIpc) is 3.13. The SMILES string of the molecule is CC1Oc2ccccc2N(CC(=O)N(C)Cc2ccc3c(c2)OCO3)C1=O. The normalized spacial score (nSPS) is 17.3. The highest BCUT2D eigenvalue weighted by Crippen LogP contribution is 2.34. The lowest BCUT2D eigenvalue weighted by Gasteiger charge is -2.33. The van der Waals surface area contributed by atoms with Gasteiger partial charge in [0.1, 0.15) is 12.3 Å². The Morgan fingerprint density at radius 2 is 1.93 bits per heavy atom. The maximum absolute atomic E-state index is 12.7. The lowest BCUT2D eigenvalue weighted by atomic mass is 10.1. The minimum absolute atomic E-state index is 0.0371. The number of fused-ring (bicyclic) bond motifs is 2. The number of rotatable bonds is 4. The number of carbonyl (C=O) groups excluding carboxylic acids is 2. The number of para-hydroxylation sites is 2. The minimum Gasteiger partial charge on any atom is -0.479 e. The number of hydrogen-bond acceptors (Lipinski definition) is 5. The Labute approximate surface area is 157 Å². The lowest BCUT2D eigenvalue weighted by molar-refractivity contribution is -0.132. The van der Waals surface area contributed by atoms with Crippen LogP contribution in [0.1, 0.15) is 12.5 Å². The van der Waals surface area contributed by atoms with Crippen molar-refractivity contribution in [2.24, 2.45) is 0 Å². The van der Waals surface area contributed by atoms with Crippen LogP contribution in [-0.2, 0) is 16.1 Å². The number of likely N-dealkylation sites (N-methyl/N-ethyl adjacent to an activating group) is 1. The molecule has 0 saturated heterocycles. The molecule has 27 heavy (non-hydrogen) atoms. The third-order valence-electron chi connectivity index (χ3n) is 4.65. The summed E-state index contributed by atoms with van der Waals surface area (Å²) in [6, 6.07) is 12.8. The molecule has 2 aromatic carbocycles. The fourth-order valence-electron chi connectivity index (χ4n) is 3.18. The maximum Gasteiger partial charge on any atom is 0.268 e. The van der Waals surface area contributed by atoms with Gasteiger partial charge in [-0.1, -0.05) is 18.2 Å². The van der Waals surface area contributed by atoms with Gasteiger partial charge in [-0.25, -0.2) is 0 Å². The van der Waals surface area contributed by atoms with Crippen LogP contribution < -0.4 is 19.1 Å². The predicted molar refractivity (Wildman–Crippen MR) is 97.9 cm³/mol. The van der Waals surface area contributed by atoms with Crippen LogP contribution in [-0.4, -0.2) is 43.2 Å². The molecule has 0 N–H and O–H groups in total. The first kappa shape index (κ1) is 17.2. The largest absolute Gasteiger partial charge is 0.479 e. The van der Waals surface area contributed by atoms with Gasteiger partial charge >= 0.3 is 0 Å². The van der Waals surface area contributed by atoms with Gasteiger partial charge in [0.2, 0.25) is 12.7 Å². The highest BCUT2D eigenvalue weighted by molar-refractivity contribution is 6.03. The molecule has 0 bridgehead atoms. The summed E-state index contributed by atoms with van der Waals surface area (Å²) in [5.41, 5.74) is 1.54. The molecule has 2 aliphatic heterocycles. The fourth-order valence-corrected chi connectivity index (χ4v) is 3.18. The lowest BCUT2D eigenvalue weighted by Crippen LogP contribution is -2.48. The van der Waals surface area contributed by atoms with Gasteiger partial charge in [0.25, 0.3) is 5.91 Å². The van der Waals surface area contributed by atoms with Crippen molar-refractivity contribution in [2.75, 3.05) is 25.3 Å². The summed E-state index contributed by atoms with van der Waals surface area (Å²) in [5.74, 6) is 1.61. The molecule has 0 spiro atoms. The highest BCUT2D eigenvalue weighted by atomic mass is 16.7. The standard InChI is InChI=1S/C20H20N2O5/c1-13-20(24)22(15-5-3-4-6-16(15)27-13)11-19(23)21(2)10-14-7-8-17-18(9-14)26-12-25-17/h3-9,13H,10-12H2,1-2H3. The quantitative estimate of drug-likeness (QED) is 0.828. The van der Waals surface area contributed by atoms with Crippen molar-refractivity contribution in [1.82, 2.24) is 4.90 Å². The average molecular weight is 368 g/mol. The van der Waals surface area contributed by atoms with Crippen molar-refractivity contribution in [3.05, 3.63) is 48.0 Å². The van der Waals surface area contributed by atoms with Crippen LogP contribution in [0, 0.1) is 0 Å². The molecule has 140 valence electrons. The third-order valence-corrected chi connectivity index (χ3v) is 4.65. The summed E-state index contributed by atoms with van der Waals surface area (Å²) in [7, 11) is 1.72. The Morgan fingerprint density at radius 1 is 1.15 bits per heavy atom. The molecule has 2 aromatic rings. The van der Waals surface area contributed by atoms with Gasteiger partial charge in [-0.3, -0.25) is 14.5 Å². The van der Waals surface area contributed by atoms with E-state index >= 15 is 0 Å². The number of anilines is 1. The second kappa shape index (κ2) is 6.83. The first-order chi connectivity index (χ1) is 13.0. The van der Waals surface area contributed by atoms with Crippen LogP contribution >= 0.6 is 0 Å². The molecular weight excluding hydrogens is 348 g/mol. The molecule has 2 aliphatic rings. The van der Waals surface area contributed by atoms with E-state index in [2.05, 4.69) is 0 Å². The number of hydrogen-bond donors (Lipinski definition) is 0. The van der Waals surface area contributed by atoms with E-state index in [0.717, 1.165) is 5.56 Å². The highest BCUT2D eigenvalue weighted by Gasteiger charge is 2.33. The summed E-state index contributed by atoms with van der Waals surface area (Å²) in [4.78, 5) is 28.4. The molecule has 7 nitrogen and oxygen atoms in total. The predicted octanol–water partition coefficient (Wildman–Crippen LogP) is 2.19. The molecule has 2 amide bonds. The van der Waals surface area contributed by atoms with Gasteiger partial charge in [0.15, 0.2) is 17.6 Å². The zero-order chi connectivity index (χ0) is 19.0. The second-order valence-corrected chi connectivity index (χ2v) is 6.59. The molecule has 0 saturated carbocycles. The van der Waals surface area contributed by atoms with E-state index in [0.29, 0.717) is 29.5 Å². The minimum atomic E-state index is -0.619. The Bertz CT molecular complexity index is 898. The molecule has 1 unspecified atom stereocenters. The number of ether oxygens (including phenoxy) is 3. The van der Waals surface area contributed by atoms with Crippen molar-refractivity contribution < 1.29 is 23.8 Å². The first-order valence-corrected chi connectivity index (χ1v) is 8.72. The van der Waals surface area contributed by atoms with E-state index in [1.54, 1.807) is 31.0 Å². The molecule has 1 atom stereocenters. The van der Waals surface area contributed by atoms with Crippen LogP contribution in [0.4, 0.5) is 5.69 Å². The zero-order valence-electron chi connectivity index (χ0n) is 15.2. The molecule has 7 heteroatoms. The number of amides is 2. The van der Waals surface area contributed by atoms with Crippen molar-refractivity contribution in [1.29, 1.82) is 0 Å². The van der Waals surface area contributed by atoms with E-state index in [-0.39, 0.29) is 25.2 Å². The van der Waals surface area contributed by atoms with Gasteiger partial charge in [-0.05, 0) is 36.8 Å². The van der Waals surface area contributed by atoms with Gasteiger partial charge in [-0.2, -0.15) is 0 Å². The van der Waals surface area contributed by atoms with Crippen molar-refractivity contribution in [3.63, 3.8) is 0 Å².